The van der Waals surface area contributed by atoms with Crippen molar-refractivity contribution in [2.45, 2.75) is 42.4 Å². The molecule has 0 radical (unpaired) electrons. The van der Waals surface area contributed by atoms with E-state index in [1.165, 1.54) is 0 Å². The van der Waals surface area contributed by atoms with Gasteiger partial charge in [0, 0.05) is 27.2 Å². The Morgan fingerprint density at radius 1 is 1.38 bits per heavy atom. The zero-order valence-corrected chi connectivity index (χ0v) is 14.8. The molecule has 0 aromatic heterocycles. The van der Waals surface area contributed by atoms with Crippen LogP contribution in [0.1, 0.15) is 26.2 Å². The minimum Gasteiger partial charge on any atom is -0.480 e. The van der Waals surface area contributed by atoms with Crippen molar-refractivity contribution in [2.75, 3.05) is 6.54 Å². The van der Waals surface area contributed by atoms with Gasteiger partial charge in [0.1, 0.15) is 6.54 Å². The highest BCUT2D eigenvalue weighted by atomic mass is 35.5. The van der Waals surface area contributed by atoms with Gasteiger partial charge in [0.2, 0.25) is 0 Å². The Morgan fingerprint density at radius 2 is 2.08 bits per heavy atom. The number of carboxylic acid groups (broad SMARTS) is 1. The minimum absolute atomic E-state index is 0.0154. The average Bonchev–Trinajstić information content (AvgIpc) is 2.82. The van der Waals surface area contributed by atoms with Gasteiger partial charge in [-0.1, -0.05) is 16.8 Å². The molecular formula is C17H19ClN2O3S. The summed E-state index contributed by atoms with van der Waals surface area (Å²) >= 11 is 7.61. The lowest BCUT2D eigenvalue weighted by molar-refractivity contribution is -0.138. The maximum atomic E-state index is 11.3. The molecule has 2 aliphatic rings. The van der Waals surface area contributed by atoms with Gasteiger partial charge in [0.15, 0.2) is 0 Å². The SMILES string of the molecule is CC1C(Sc2ccc(Cl)cc2)C2=C(CCC/C2=N\O)N1CC(=O)O. The normalized spacial score (nSPS) is 25.2. The highest BCUT2D eigenvalue weighted by Crippen LogP contribution is 2.44. The molecule has 0 spiro atoms. The van der Waals surface area contributed by atoms with Gasteiger partial charge in [0.05, 0.1) is 11.0 Å². The molecule has 1 aliphatic carbocycles. The number of oxime groups is 1. The van der Waals surface area contributed by atoms with Crippen LogP contribution < -0.4 is 0 Å². The van der Waals surface area contributed by atoms with E-state index in [2.05, 4.69) is 5.16 Å². The Hall–Kier alpha value is -1.66. The number of hydrogen-bond donors (Lipinski definition) is 2. The number of carbonyl (C=O) groups is 1. The van der Waals surface area contributed by atoms with Crippen molar-refractivity contribution in [1.29, 1.82) is 0 Å². The molecule has 0 saturated heterocycles. The molecule has 1 heterocycles. The standard InChI is InChI=1S/C17H19ClN2O3S/c1-10-17(24-12-7-5-11(18)6-8-12)16-13(19-23)3-2-4-14(16)20(10)9-15(21)22/h5-8,10,17,23H,2-4,9H2,1H3,(H,21,22)/b19-13+. The van der Waals surface area contributed by atoms with Gasteiger partial charge >= 0.3 is 5.97 Å². The van der Waals surface area contributed by atoms with Gasteiger partial charge < -0.3 is 15.2 Å². The number of hydrogen-bond acceptors (Lipinski definition) is 5. The Bertz CT molecular complexity index is 702. The molecule has 1 aromatic carbocycles. The van der Waals surface area contributed by atoms with Gasteiger partial charge in [0.25, 0.3) is 0 Å². The summed E-state index contributed by atoms with van der Waals surface area (Å²) in [5, 5.41) is 22.9. The number of aliphatic carboxylic acids is 1. The maximum Gasteiger partial charge on any atom is 0.323 e. The van der Waals surface area contributed by atoms with E-state index in [0.717, 1.165) is 35.4 Å². The van der Waals surface area contributed by atoms with Crippen molar-refractivity contribution in [2.24, 2.45) is 5.16 Å². The van der Waals surface area contributed by atoms with Crippen LogP contribution in [0.25, 0.3) is 0 Å². The zero-order chi connectivity index (χ0) is 17.3. The molecule has 24 heavy (non-hydrogen) atoms. The van der Waals surface area contributed by atoms with E-state index in [1.54, 1.807) is 11.8 Å². The van der Waals surface area contributed by atoms with E-state index in [0.29, 0.717) is 10.7 Å². The molecule has 2 atom stereocenters. The molecule has 0 bridgehead atoms. The van der Waals surface area contributed by atoms with Crippen molar-refractivity contribution in [3.8, 4) is 0 Å². The molecule has 0 fully saturated rings. The second kappa shape index (κ2) is 7.07. The molecule has 5 nitrogen and oxygen atoms in total. The van der Waals surface area contributed by atoms with Gasteiger partial charge in [-0.15, -0.1) is 11.8 Å². The highest BCUT2D eigenvalue weighted by molar-refractivity contribution is 8.00. The lowest BCUT2D eigenvalue weighted by atomic mass is 9.93. The van der Waals surface area contributed by atoms with Crippen LogP contribution in [-0.2, 0) is 4.79 Å². The number of allylic oxidation sites excluding steroid dienone is 1. The number of nitrogens with zero attached hydrogens (tertiary/aromatic N) is 2. The fourth-order valence-corrected chi connectivity index (χ4v) is 4.89. The van der Waals surface area contributed by atoms with Crippen LogP contribution in [0.5, 0.6) is 0 Å². The van der Waals surface area contributed by atoms with E-state index < -0.39 is 5.97 Å². The van der Waals surface area contributed by atoms with Crippen LogP contribution in [0.15, 0.2) is 45.6 Å². The largest absolute Gasteiger partial charge is 0.480 e. The monoisotopic (exact) mass is 366 g/mol. The molecule has 2 N–H and O–H groups in total. The molecule has 1 aliphatic heterocycles. The van der Waals surface area contributed by atoms with Crippen LogP contribution in [0.3, 0.4) is 0 Å². The molecule has 0 amide bonds. The zero-order valence-electron chi connectivity index (χ0n) is 13.3. The second-order valence-electron chi connectivity index (χ2n) is 6.02. The van der Waals surface area contributed by atoms with Gasteiger partial charge in [-0.3, -0.25) is 4.79 Å². The third-order valence-electron chi connectivity index (χ3n) is 4.51. The molecular weight excluding hydrogens is 348 g/mol. The van der Waals surface area contributed by atoms with E-state index >= 15 is 0 Å². The van der Waals surface area contributed by atoms with Crippen LogP contribution in [0.2, 0.25) is 5.02 Å². The first-order valence-corrected chi connectivity index (χ1v) is 9.12. The molecule has 1 aromatic rings. The van der Waals surface area contributed by atoms with Crippen molar-refractivity contribution in [1.82, 2.24) is 4.90 Å². The predicted octanol–water partition coefficient (Wildman–Crippen LogP) is 3.86. The first kappa shape index (κ1) is 17.2. The van der Waals surface area contributed by atoms with Crippen LogP contribution in [0.4, 0.5) is 0 Å². The number of thioether (sulfide) groups is 1. The lowest BCUT2D eigenvalue weighted by Gasteiger charge is -2.28. The summed E-state index contributed by atoms with van der Waals surface area (Å²) in [6.07, 6.45) is 2.42. The number of carboxylic acids is 1. The molecule has 7 heteroatoms. The van der Waals surface area contributed by atoms with Crippen molar-refractivity contribution in [3.05, 3.63) is 40.6 Å². The minimum atomic E-state index is -0.848. The van der Waals surface area contributed by atoms with E-state index in [4.69, 9.17) is 11.6 Å². The number of rotatable bonds is 4. The lowest BCUT2D eigenvalue weighted by Crippen LogP contribution is -2.36. The van der Waals surface area contributed by atoms with Gasteiger partial charge in [-0.25, -0.2) is 0 Å². The Labute approximate surface area is 150 Å². The molecule has 3 rings (SSSR count). The topological polar surface area (TPSA) is 73.1 Å². The summed E-state index contributed by atoms with van der Waals surface area (Å²) in [4.78, 5) is 14.3. The maximum absolute atomic E-state index is 11.3. The summed E-state index contributed by atoms with van der Waals surface area (Å²) in [6, 6.07) is 7.61. The van der Waals surface area contributed by atoms with Crippen LogP contribution in [-0.4, -0.2) is 44.7 Å². The Kier molecular flexibility index (Phi) is 5.06. The fourth-order valence-electron chi connectivity index (χ4n) is 3.44. The van der Waals surface area contributed by atoms with Crippen LogP contribution >= 0.6 is 23.4 Å². The average molecular weight is 367 g/mol. The quantitative estimate of drug-likeness (QED) is 0.625. The fraction of sp³-hybridized carbons (Fsp3) is 0.412. The summed E-state index contributed by atoms with van der Waals surface area (Å²) in [5.74, 6) is -0.848. The third-order valence-corrected chi connectivity index (χ3v) is 6.19. The Morgan fingerprint density at radius 3 is 2.71 bits per heavy atom. The van der Waals surface area contributed by atoms with Crippen molar-refractivity contribution >= 4 is 35.0 Å². The molecule has 128 valence electrons. The molecule has 0 saturated carbocycles. The Balaban J connectivity index is 1.95. The second-order valence-corrected chi connectivity index (χ2v) is 7.67. The number of halogens is 1. The third kappa shape index (κ3) is 3.26. The van der Waals surface area contributed by atoms with Gasteiger partial charge in [-0.2, -0.15) is 0 Å². The summed E-state index contributed by atoms with van der Waals surface area (Å²) < 4.78 is 0. The summed E-state index contributed by atoms with van der Waals surface area (Å²) in [7, 11) is 0. The van der Waals surface area contributed by atoms with E-state index in [-0.39, 0.29) is 17.8 Å². The van der Waals surface area contributed by atoms with E-state index in [9.17, 15) is 15.1 Å². The highest BCUT2D eigenvalue weighted by Gasteiger charge is 2.42. The van der Waals surface area contributed by atoms with E-state index in [1.807, 2.05) is 36.1 Å². The summed E-state index contributed by atoms with van der Waals surface area (Å²) in [6.45, 7) is 2.00. The number of benzene rings is 1. The molecule has 2 unspecified atom stereocenters. The first-order valence-electron chi connectivity index (χ1n) is 7.86. The van der Waals surface area contributed by atoms with Crippen molar-refractivity contribution < 1.29 is 15.1 Å². The predicted molar refractivity (Wildman–Crippen MR) is 95.0 cm³/mol. The summed E-state index contributed by atoms with van der Waals surface area (Å²) in [5.41, 5.74) is 2.69. The van der Waals surface area contributed by atoms with Gasteiger partial charge in [-0.05, 0) is 50.5 Å². The smallest absolute Gasteiger partial charge is 0.323 e. The first-order chi connectivity index (χ1) is 11.5. The van der Waals surface area contributed by atoms with Crippen molar-refractivity contribution in [3.63, 3.8) is 0 Å². The van der Waals surface area contributed by atoms with Crippen LogP contribution in [0, 0.1) is 0 Å².